The van der Waals surface area contributed by atoms with Gasteiger partial charge in [0.05, 0.1) is 11.5 Å². The summed E-state index contributed by atoms with van der Waals surface area (Å²) in [6.45, 7) is 5.42. The second kappa shape index (κ2) is 5.36. The Balaban J connectivity index is 2.01. The number of hydrogen-bond donors (Lipinski definition) is 2. The van der Waals surface area contributed by atoms with Gasteiger partial charge >= 0.3 is 0 Å². The summed E-state index contributed by atoms with van der Waals surface area (Å²) in [5.74, 6) is 0.305. The molecule has 0 aromatic heterocycles. The molecule has 1 unspecified atom stereocenters. The van der Waals surface area contributed by atoms with Crippen LogP contribution < -0.4 is 5.32 Å². The summed E-state index contributed by atoms with van der Waals surface area (Å²) >= 11 is 0. The molecule has 2 aliphatic rings. The van der Waals surface area contributed by atoms with Crippen LogP contribution in [-0.4, -0.2) is 48.2 Å². The van der Waals surface area contributed by atoms with Crippen LogP contribution in [0.5, 0.6) is 0 Å². The van der Waals surface area contributed by atoms with Gasteiger partial charge in [0.25, 0.3) is 0 Å². The van der Waals surface area contributed by atoms with Crippen LogP contribution in [0.25, 0.3) is 0 Å². The Morgan fingerprint density at radius 2 is 2.18 bits per heavy atom. The highest BCUT2D eigenvalue weighted by Crippen LogP contribution is 2.33. The normalized spacial score (nSPS) is 31.5. The summed E-state index contributed by atoms with van der Waals surface area (Å²) in [5, 5.41) is 12.8. The number of nitrogens with zero attached hydrogens (tertiary/aromatic N) is 1. The van der Waals surface area contributed by atoms with Crippen LogP contribution in [-0.2, 0) is 4.79 Å². The molecule has 17 heavy (non-hydrogen) atoms. The van der Waals surface area contributed by atoms with E-state index < -0.39 is 0 Å². The minimum absolute atomic E-state index is 0.180. The van der Waals surface area contributed by atoms with Gasteiger partial charge in [-0.3, -0.25) is 4.79 Å². The van der Waals surface area contributed by atoms with Crippen molar-refractivity contribution in [1.29, 1.82) is 0 Å². The first-order chi connectivity index (χ1) is 8.18. The number of nitrogens with one attached hydrogen (secondary N) is 1. The monoisotopic (exact) mass is 240 g/mol. The van der Waals surface area contributed by atoms with Gasteiger partial charge in [-0.05, 0) is 38.6 Å². The summed E-state index contributed by atoms with van der Waals surface area (Å²) in [6, 6.07) is 0. The number of carbonyl (C=O) groups excluding carboxylic acids is 1. The van der Waals surface area contributed by atoms with E-state index in [9.17, 15) is 9.90 Å². The lowest BCUT2D eigenvalue weighted by Gasteiger charge is -2.41. The number of piperidine rings is 2. The number of rotatable bonds is 2. The number of amides is 1. The zero-order valence-corrected chi connectivity index (χ0v) is 10.7. The lowest BCUT2D eigenvalue weighted by atomic mass is 9.76. The van der Waals surface area contributed by atoms with E-state index in [1.54, 1.807) is 0 Å². The first-order valence-electron chi connectivity index (χ1n) is 6.86. The van der Waals surface area contributed by atoms with Gasteiger partial charge in [-0.25, -0.2) is 0 Å². The smallest absolute Gasteiger partial charge is 0.230 e. The van der Waals surface area contributed by atoms with Crippen molar-refractivity contribution < 1.29 is 9.90 Å². The summed E-state index contributed by atoms with van der Waals surface area (Å²) in [5.41, 5.74) is -0.180. The van der Waals surface area contributed by atoms with Gasteiger partial charge in [0, 0.05) is 19.6 Å². The van der Waals surface area contributed by atoms with Crippen molar-refractivity contribution in [2.45, 2.75) is 45.1 Å². The fourth-order valence-electron chi connectivity index (χ4n) is 3.01. The predicted molar refractivity (Wildman–Crippen MR) is 66.6 cm³/mol. The first kappa shape index (κ1) is 12.8. The van der Waals surface area contributed by atoms with Crippen LogP contribution in [0.3, 0.4) is 0 Å². The molecule has 2 N–H and O–H groups in total. The molecular formula is C13H24N2O2. The lowest BCUT2D eigenvalue weighted by Crippen LogP contribution is -2.53. The van der Waals surface area contributed by atoms with Crippen LogP contribution in [0.4, 0.5) is 0 Å². The van der Waals surface area contributed by atoms with Crippen molar-refractivity contribution in [2.75, 3.05) is 26.2 Å². The lowest BCUT2D eigenvalue weighted by molar-refractivity contribution is -0.145. The second-order valence-electron chi connectivity index (χ2n) is 5.44. The zero-order valence-electron chi connectivity index (χ0n) is 10.7. The standard InChI is InChI=1S/C13H24N2O2/c1-2-13(6-3-7-14-10-13)12(17)15-8-4-11(16)5-9-15/h11,14,16H,2-10H2,1H3. The highest BCUT2D eigenvalue weighted by Gasteiger charge is 2.41. The van der Waals surface area contributed by atoms with Crippen LogP contribution in [0.1, 0.15) is 39.0 Å². The van der Waals surface area contributed by atoms with E-state index in [4.69, 9.17) is 0 Å². The summed E-state index contributed by atoms with van der Waals surface area (Å²) < 4.78 is 0. The van der Waals surface area contributed by atoms with E-state index in [1.165, 1.54) is 0 Å². The van der Waals surface area contributed by atoms with Crippen molar-refractivity contribution in [3.05, 3.63) is 0 Å². The molecule has 0 radical (unpaired) electrons. The van der Waals surface area contributed by atoms with Crippen molar-refractivity contribution in [3.63, 3.8) is 0 Å². The Kier molecular flexibility index (Phi) is 4.05. The van der Waals surface area contributed by atoms with Gasteiger partial charge in [-0.15, -0.1) is 0 Å². The molecule has 2 fully saturated rings. The topological polar surface area (TPSA) is 52.6 Å². The zero-order chi connectivity index (χ0) is 12.3. The van der Waals surface area contributed by atoms with Gasteiger partial charge in [0.2, 0.25) is 5.91 Å². The van der Waals surface area contributed by atoms with E-state index in [0.717, 1.165) is 58.3 Å². The van der Waals surface area contributed by atoms with Crippen LogP contribution in [0, 0.1) is 5.41 Å². The quantitative estimate of drug-likeness (QED) is 0.749. The molecule has 0 spiro atoms. The van der Waals surface area contributed by atoms with Gasteiger partial charge < -0.3 is 15.3 Å². The highest BCUT2D eigenvalue weighted by atomic mass is 16.3. The SMILES string of the molecule is CCC1(C(=O)N2CCC(O)CC2)CCCNC1. The third-order valence-electron chi connectivity index (χ3n) is 4.35. The Morgan fingerprint density at radius 1 is 1.47 bits per heavy atom. The number of carbonyl (C=O) groups is 1. The number of likely N-dealkylation sites (tertiary alicyclic amines) is 1. The van der Waals surface area contributed by atoms with E-state index in [0.29, 0.717) is 5.91 Å². The maximum Gasteiger partial charge on any atom is 0.230 e. The average Bonchev–Trinajstić information content (AvgIpc) is 2.39. The largest absolute Gasteiger partial charge is 0.393 e. The highest BCUT2D eigenvalue weighted by molar-refractivity contribution is 5.83. The van der Waals surface area contributed by atoms with Crippen molar-refractivity contribution in [3.8, 4) is 0 Å². The molecule has 0 saturated carbocycles. The molecule has 4 heteroatoms. The summed E-state index contributed by atoms with van der Waals surface area (Å²) in [7, 11) is 0. The molecule has 0 aromatic carbocycles. The Labute approximate surface area is 103 Å². The van der Waals surface area contributed by atoms with Crippen LogP contribution >= 0.6 is 0 Å². The third-order valence-corrected chi connectivity index (χ3v) is 4.35. The van der Waals surface area contributed by atoms with E-state index in [1.807, 2.05) is 4.90 Å². The van der Waals surface area contributed by atoms with Crippen molar-refractivity contribution in [2.24, 2.45) is 5.41 Å². The van der Waals surface area contributed by atoms with E-state index >= 15 is 0 Å². The van der Waals surface area contributed by atoms with Gasteiger partial charge in [-0.1, -0.05) is 6.92 Å². The predicted octanol–water partition coefficient (Wildman–Crippen LogP) is 0.749. The molecule has 98 valence electrons. The molecule has 4 nitrogen and oxygen atoms in total. The van der Waals surface area contributed by atoms with Gasteiger partial charge in [0.15, 0.2) is 0 Å². The van der Waals surface area contributed by atoms with E-state index in [2.05, 4.69) is 12.2 Å². The first-order valence-corrected chi connectivity index (χ1v) is 6.86. The molecule has 2 heterocycles. The minimum Gasteiger partial charge on any atom is -0.393 e. The molecule has 0 aromatic rings. The van der Waals surface area contributed by atoms with Crippen molar-refractivity contribution >= 4 is 5.91 Å². The maximum atomic E-state index is 12.6. The van der Waals surface area contributed by atoms with Crippen LogP contribution in [0.2, 0.25) is 0 Å². The van der Waals surface area contributed by atoms with Gasteiger partial charge in [-0.2, -0.15) is 0 Å². The molecule has 1 atom stereocenters. The average molecular weight is 240 g/mol. The fourth-order valence-corrected chi connectivity index (χ4v) is 3.01. The molecule has 1 amide bonds. The summed E-state index contributed by atoms with van der Waals surface area (Å²) in [4.78, 5) is 14.6. The van der Waals surface area contributed by atoms with Crippen molar-refractivity contribution in [1.82, 2.24) is 10.2 Å². The third kappa shape index (κ3) is 2.63. The van der Waals surface area contributed by atoms with Crippen LogP contribution in [0.15, 0.2) is 0 Å². The fraction of sp³-hybridized carbons (Fsp3) is 0.923. The second-order valence-corrected chi connectivity index (χ2v) is 5.44. The molecule has 2 saturated heterocycles. The molecule has 0 bridgehead atoms. The number of aliphatic hydroxyl groups is 1. The molecule has 0 aliphatic carbocycles. The maximum absolute atomic E-state index is 12.6. The number of aliphatic hydroxyl groups excluding tert-OH is 1. The molecular weight excluding hydrogens is 216 g/mol. The molecule has 2 aliphatic heterocycles. The Morgan fingerprint density at radius 3 is 2.71 bits per heavy atom. The Hall–Kier alpha value is -0.610. The molecule has 2 rings (SSSR count). The summed E-state index contributed by atoms with van der Waals surface area (Å²) in [6.07, 6.45) is 4.28. The van der Waals surface area contributed by atoms with Gasteiger partial charge in [0.1, 0.15) is 0 Å². The number of hydrogen-bond acceptors (Lipinski definition) is 3. The minimum atomic E-state index is -0.207. The van der Waals surface area contributed by atoms with E-state index in [-0.39, 0.29) is 11.5 Å². The Bertz CT molecular complexity index is 267.